The number of hydrogen-bond acceptors (Lipinski definition) is 3. The topological polar surface area (TPSA) is 56.5 Å². The zero-order valence-corrected chi connectivity index (χ0v) is 9.84. The molecule has 1 aromatic rings. The molecule has 4 nitrogen and oxygen atoms in total. The van der Waals surface area contributed by atoms with E-state index in [0.717, 1.165) is 5.71 Å². The van der Waals surface area contributed by atoms with Crippen LogP contribution in [0.15, 0.2) is 29.4 Å². The van der Waals surface area contributed by atoms with Crippen LogP contribution in [0, 0.1) is 17.2 Å². The van der Waals surface area contributed by atoms with Gasteiger partial charge < -0.3 is 0 Å². The van der Waals surface area contributed by atoms with Gasteiger partial charge in [0.05, 0.1) is 29.5 Å². The van der Waals surface area contributed by atoms with E-state index in [9.17, 15) is 4.79 Å². The Balaban J connectivity index is 2.28. The van der Waals surface area contributed by atoms with Crippen LogP contribution in [0.2, 0.25) is 0 Å². The average molecular weight is 227 g/mol. The van der Waals surface area contributed by atoms with Crippen LogP contribution in [0.1, 0.15) is 25.8 Å². The van der Waals surface area contributed by atoms with Crippen molar-refractivity contribution in [2.75, 3.05) is 5.01 Å². The average Bonchev–Trinajstić information content (AvgIpc) is 2.72. The number of hydrazone groups is 1. The van der Waals surface area contributed by atoms with Gasteiger partial charge in [-0.1, -0.05) is 13.8 Å². The molecule has 0 radical (unpaired) electrons. The lowest BCUT2D eigenvalue weighted by atomic mass is 10.1. The maximum absolute atomic E-state index is 11.8. The molecule has 4 heteroatoms. The number of carbonyl (C=O) groups excluding carboxylic acids is 1. The first-order valence-corrected chi connectivity index (χ1v) is 5.52. The van der Waals surface area contributed by atoms with Crippen molar-refractivity contribution in [1.29, 1.82) is 5.26 Å². The van der Waals surface area contributed by atoms with Gasteiger partial charge in [0.15, 0.2) is 0 Å². The Bertz CT molecular complexity index is 508. The summed E-state index contributed by atoms with van der Waals surface area (Å²) in [7, 11) is 0. The van der Waals surface area contributed by atoms with Gasteiger partial charge in [0.2, 0.25) is 0 Å². The number of anilines is 1. The summed E-state index contributed by atoms with van der Waals surface area (Å²) >= 11 is 0. The highest BCUT2D eigenvalue weighted by atomic mass is 16.2. The maximum Gasteiger partial charge on any atom is 0.253 e. The van der Waals surface area contributed by atoms with E-state index >= 15 is 0 Å². The van der Waals surface area contributed by atoms with Gasteiger partial charge in [0.25, 0.3) is 5.91 Å². The minimum Gasteiger partial charge on any atom is -0.272 e. The van der Waals surface area contributed by atoms with E-state index in [1.165, 1.54) is 5.01 Å². The summed E-state index contributed by atoms with van der Waals surface area (Å²) in [6.07, 6.45) is 0.387. The van der Waals surface area contributed by atoms with E-state index in [1.54, 1.807) is 24.3 Å². The fourth-order valence-electron chi connectivity index (χ4n) is 1.65. The highest BCUT2D eigenvalue weighted by Crippen LogP contribution is 2.22. The molecule has 0 aromatic heterocycles. The van der Waals surface area contributed by atoms with E-state index in [0.29, 0.717) is 17.7 Å². The molecular weight excluding hydrogens is 214 g/mol. The molecule has 1 amide bonds. The number of amides is 1. The van der Waals surface area contributed by atoms with E-state index in [2.05, 4.69) is 5.10 Å². The molecule has 1 aromatic carbocycles. The third-order valence-electron chi connectivity index (χ3n) is 2.70. The van der Waals surface area contributed by atoms with E-state index < -0.39 is 0 Å². The molecular formula is C13H13N3O. The van der Waals surface area contributed by atoms with Gasteiger partial charge in [-0.15, -0.1) is 0 Å². The first-order chi connectivity index (χ1) is 8.11. The van der Waals surface area contributed by atoms with Crippen molar-refractivity contribution < 1.29 is 4.79 Å². The molecule has 17 heavy (non-hydrogen) atoms. The summed E-state index contributed by atoms with van der Waals surface area (Å²) < 4.78 is 0. The molecule has 0 spiro atoms. The molecule has 0 saturated heterocycles. The van der Waals surface area contributed by atoms with E-state index in [4.69, 9.17) is 5.26 Å². The van der Waals surface area contributed by atoms with Crippen molar-refractivity contribution >= 4 is 17.3 Å². The van der Waals surface area contributed by atoms with Crippen molar-refractivity contribution in [2.45, 2.75) is 20.3 Å². The fraction of sp³-hybridized carbons (Fsp3) is 0.308. The molecule has 0 saturated carbocycles. The molecule has 0 aliphatic carbocycles. The van der Waals surface area contributed by atoms with E-state index in [-0.39, 0.29) is 11.8 Å². The largest absolute Gasteiger partial charge is 0.272 e. The predicted molar refractivity (Wildman–Crippen MR) is 65.5 cm³/mol. The molecule has 0 N–H and O–H groups in total. The summed E-state index contributed by atoms with van der Waals surface area (Å²) in [5.41, 5.74) is 2.19. The second kappa shape index (κ2) is 4.38. The molecule has 0 atom stereocenters. The first-order valence-electron chi connectivity index (χ1n) is 5.52. The molecule has 86 valence electrons. The Labute approximate surface area is 100 Å². The maximum atomic E-state index is 11.8. The van der Waals surface area contributed by atoms with Gasteiger partial charge in [0, 0.05) is 0 Å². The number of benzene rings is 1. The molecule has 1 aliphatic rings. The van der Waals surface area contributed by atoms with Crippen LogP contribution in [-0.4, -0.2) is 11.6 Å². The third-order valence-corrected chi connectivity index (χ3v) is 2.70. The molecule has 2 rings (SSSR count). The standard InChI is InChI=1S/C13H13N3O/c1-9(2)12-7-13(17)16(15-12)11-5-3-10(8-14)4-6-11/h3-6,9H,7H2,1-2H3. The van der Waals surface area contributed by atoms with Crippen LogP contribution in [0.25, 0.3) is 0 Å². The highest BCUT2D eigenvalue weighted by molar-refractivity contribution is 6.13. The Kier molecular flexibility index (Phi) is 2.92. The van der Waals surface area contributed by atoms with Crippen molar-refractivity contribution in [2.24, 2.45) is 11.0 Å². The van der Waals surface area contributed by atoms with Crippen LogP contribution >= 0.6 is 0 Å². The number of carbonyl (C=O) groups is 1. The number of rotatable bonds is 2. The molecule has 0 bridgehead atoms. The summed E-state index contributed by atoms with van der Waals surface area (Å²) in [6, 6.07) is 8.89. The second-order valence-electron chi connectivity index (χ2n) is 4.29. The SMILES string of the molecule is CC(C)C1=NN(c2ccc(C#N)cc2)C(=O)C1. The van der Waals surface area contributed by atoms with Crippen LogP contribution in [0.5, 0.6) is 0 Å². The lowest BCUT2D eigenvalue weighted by Crippen LogP contribution is -2.19. The first kappa shape index (κ1) is 11.3. The third kappa shape index (κ3) is 2.18. The van der Waals surface area contributed by atoms with Crippen LogP contribution in [-0.2, 0) is 4.79 Å². The number of nitriles is 1. The minimum absolute atomic E-state index is 0.0154. The summed E-state index contributed by atoms with van der Waals surface area (Å²) in [5.74, 6) is 0.265. The van der Waals surface area contributed by atoms with E-state index in [1.807, 2.05) is 19.9 Å². The van der Waals surface area contributed by atoms with Crippen molar-refractivity contribution in [3.63, 3.8) is 0 Å². The summed E-state index contributed by atoms with van der Waals surface area (Å²) in [6.45, 7) is 4.04. The van der Waals surface area contributed by atoms with Gasteiger partial charge in [-0.05, 0) is 30.2 Å². The molecule has 1 heterocycles. The second-order valence-corrected chi connectivity index (χ2v) is 4.29. The smallest absolute Gasteiger partial charge is 0.253 e. The lowest BCUT2D eigenvalue weighted by molar-refractivity contribution is -0.116. The number of hydrogen-bond donors (Lipinski definition) is 0. The predicted octanol–water partition coefficient (Wildman–Crippen LogP) is 2.31. The Morgan fingerprint density at radius 1 is 1.35 bits per heavy atom. The summed E-state index contributed by atoms with van der Waals surface area (Å²) in [4.78, 5) is 11.8. The number of nitrogens with zero attached hydrogens (tertiary/aromatic N) is 3. The van der Waals surface area contributed by atoms with Gasteiger partial charge in [-0.2, -0.15) is 10.4 Å². The molecule has 0 fully saturated rings. The zero-order valence-electron chi connectivity index (χ0n) is 9.84. The van der Waals surface area contributed by atoms with Crippen LogP contribution in [0.3, 0.4) is 0 Å². The van der Waals surface area contributed by atoms with Gasteiger partial charge in [0.1, 0.15) is 0 Å². The minimum atomic E-state index is -0.0154. The lowest BCUT2D eigenvalue weighted by Gasteiger charge is -2.11. The monoisotopic (exact) mass is 227 g/mol. The normalized spacial score (nSPS) is 15.1. The Morgan fingerprint density at radius 2 is 2.00 bits per heavy atom. The fourth-order valence-corrected chi connectivity index (χ4v) is 1.65. The Hall–Kier alpha value is -2.15. The zero-order chi connectivity index (χ0) is 12.4. The van der Waals surface area contributed by atoms with Gasteiger partial charge in [-0.25, -0.2) is 5.01 Å². The van der Waals surface area contributed by atoms with Crippen molar-refractivity contribution in [3.8, 4) is 6.07 Å². The van der Waals surface area contributed by atoms with Crippen LogP contribution in [0.4, 0.5) is 5.69 Å². The van der Waals surface area contributed by atoms with Crippen molar-refractivity contribution in [1.82, 2.24) is 0 Å². The highest BCUT2D eigenvalue weighted by Gasteiger charge is 2.26. The molecule has 0 unspecified atom stereocenters. The molecule has 1 aliphatic heterocycles. The van der Waals surface area contributed by atoms with Gasteiger partial charge in [-0.3, -0.25) is 4.79 Å². The quantitative estimate of drug-likeness (QED) is 0.778. The Morgan fingerprint density at radius 3 is 2.47 bits per heavy atom. The van der Waals surface area contributed by atoms with Crippen molar-refractivity contribution in [3.05, 3.63) is 29.8 Å². The summed E-state index contributed by atoms with van der Waals surface area (Å²) in [5, 5.41) is 14.4. The van der Waals surface area contributed by atoms with Crippen LogP contribution < -0.4 is 5.01 Å². The van der Waals surface area contributed by atoms with Gasteiger partial charge >= 0.3 is 0 Å².